The summed E-state index contributed by atoms with van der Waals surface area (Å²) < 4.78 is 26.8. The van der Waals surface area contributed by atoms with E-state index in [0.29, 0.717) is 74.1 Å². The van der Waals surface area contributed by atoms with Gasteiger partial charge in [0.1, 0.15) is 41.5 Å². The van der Waals surface area contributed by atoms with Crippen LogP contribution in [-0.2, 0) is 23.8 Å². The Labute approximate surface area is 228 Å². The van der Waals surface area contributed by atoms with Gasteiger partial charge in [-0.25, -0.2) is 4.79 Å². The molecule has 12 heteroatoms. The van der Waals surface area contributed by atoms with Gasteiger partial charge in [-0.2, -0.15) is 0 Å². The molecule has 0 aliphatic carbocycles. The van der Waals surface area contributed by atoms with Crippen molar-refractivity contribution >= 4 is 28.4 Å². The molecular weight excluding hydrogens is 514 g/mol. The molecule has 1 aromatic rings. The average Bonchev–Trinajstić information content (AvgIpc) is 3.41. The molecule has 2 heterocycles. The van der Waals surface area contributed by atoms with Gasteiger partial charge < -0.3 is 33.5 Å². The lowest BCUT2D eigenvalue weighted by atomic mass is 10.1. The van der Waals surface area contributed by atoms with Crippen LogP contribution in [0.5, 0.6) is 5.75 Å². The number of oxime groups is 1. The van der Waals surface area contributed by atoms with Gasteiger partial charge in [-0.05, 0) is 20.3 Å². The fourth-order valence-electron chi connectivity index (χ4n) is 3.29. The number of aliphatic imine (C=N–C) groups is 1. The Balaban J connectivity index is 1.81. The number of amides is 1. The summed E-state index contributed by atoms with van der Waals surface area (Å²) in [6, 6.07) is 1.82. The van der Waals surface area contributed by atoms with Crippen LogP contribution in [0.3, 0.4) is 0 Å². The van der Waals surface area contributed by atoms with E-state index in [0.717, 1.165) is 6.42 Å². The maximum atomic E-state index is 13.0. The molecule has 0 aromatic carbocycles. The van der Waals surface area contributed by atoms with E-state index in [1.807, 2.05) is 13.8 Å². The minimum atomic E-state index is -0.586. The quantitative estimate of drug-likeness (QED) is 0.112. The molecule has 1 amide bonds. The van der Waals surface area contributed by atoms with Crippen molar-refractivity contribution in [3.8, 4) is 5.75 Å². The van der Waals surface area contributed by atoms with Crippen LogP contribution in [-0.4, -0.2) is 81.3 Å². The minimum absolute atomic E-state index is 0.253. The molecule has 1 aromatic heterocycles. The monoisotopic (exact) mass is 553 g/mol. The molecule has 38 heavy (non-hydrogen) atoms. The van der Waals surface area contributed by atoms with Crippen LogP contribution >= 0.6 is 11.8 Å². The third-order valence-electron chi connectivity index (χ3n) is 5.10. The zero-order valence-corrected chi connectivity index (χ0v) is 23.3. The first kappa shape index (κ1) is 31.5. The molecule has 11 nitrogen and oxygen atoms in total. The fraction of sp³-hybridized carbons (Fsp3) is 0.615. The van der Waals surface area contributed by atoms with E-state index in [2.05, 4.69) is 22.0 Å². The van der Waals surface area contributed by atoms with Gasteiger partial charge in [-0.3, -0.25) is 9.79 Å². The van der Waals surface area contributed by atoms with E-state index >= 15 is 0 Å². The highest BCUT2D eigenvalue weighted by Crippen LogP contribution is 2.24. The number of hydrogen-bond donors (Lipinski definition) is 1. The van der Waals surface area contributed by atoms with E-state index < -0.39 is 17.7 Å². The van der Waals surface area contributed by atoms with Crippen molar-refractivity contribution in [2.24, 2.45) is 10.1 Å². The molecule has 0 spiro atoms. The summed E-state index contributed by atoms with van der Waals surface area (Å²) in [7, 11) is 0. The number of hydrogen-bond acceptors (Lipinski definition) is 11. The Hall–Kier alpha value is -2.67. The number of carbonyl (C=O) groups excluding carboxylic acids is 1. The fourth-order valence-corrected chi connectivity index (χ4v) is 4.28. The second-order valence-electron chi connectivity index (χ2n) is 8.16. The van der Waals surface area contributed by atoms with Crippen molar-refractivity contribution in [2.45, 2.75) is 45.7 Å². The van der Waals surface area contributed by atoms with E-state index in [9.17, 15) is 9.59 Å². The Morgan fingerprint density at radius 2 is 1.92 bits per heavy atom. The average molecular weight is 554 g/mol. The SMILES string of the molecule is C=CCOc1cc(C(CCC)NC(=O)C2CSC(/C(C)=N/OCCOCCOCCOCC)=N2)oc(=O)c1. The summed E-state index contributed by atoms with van der Waals surface area (Å²) in [6.45, 7) is 13.0. The summed E-state index contributed by atoms with van der Waals surface area (Å²) in [6.07, 6.45) is 2.94. The Morgan fingerprint density at radius 3 is 2.61 bits per heavy atom. The maximum Gasteiger partial charge on any atom is 0.339 e. The van der Waals surface area contributed by atoms with E-state index in [1.54, 1.807) is 19.1 Å². The zero-order chi connectivity index (χ0) is 27.6. The van der Waals surface area contributed by atoms with E-state index in [4.69, 9.17) is 28.2 Å². The van der Waals surface area contributed by atoms with Gasteiger partial charge in [0.2, 0.25) is 5.91 Å². The second kappa shape index (κ2) is 18.6. The molecule has 2 rings (SSSR count). The van der Waals surface area contributed by atoms with Crippen molar-refractivity contribution in [3.63, 3.8) is 0 Å². The molecule has 1 aliphatic heterocycles. The van der Waals surface area contributed by atoms with Crippen LogP contribution in [0.25, 0.3) is 0 Å². The molecule has 0 radical (unpaired) electrons. The molecular formula is C26H39N3O8S. The van der Waals surface area contributed by atoms with Crippen LogP contribution in [0.1, 0.15) is 45.4 Å². The molecule has 0 saturated carbocycles. The van der Waals surface area contributed by atoms with E-state index in [1.165, 1.54) is 17.8 Å². The number of thioether (sulfide) groups is 1. The topological polar surface area (TPSA) is 130 Å². The summed E-state index contributed by atoms with van der Waals surface area (Å²) in [5, 5.41) is 7.69. The van der Waals surface area contributed by atoms with Crippen LogP contribution < -0.4 is 15.7 Å². The van der Waals surface area contributed by atoms with Crippen molar-refractivity contribution in [1.82, 2.24) is 5.32 Å². The van der Waals surface area contributed by atoms with Crippen molar-refractivity contribution in [3.05, 3.63) is 41.0 Å². The lowest BCUT2D eigenvalue weighted by molar-refractivity contribution is -0.122. The maximum absolute atomic E-state index is 13.0. The lowest BCUT2D eigenvalue weighted by Gasteiger charge is -2.19. The summed E-state index contributed by atoms with van der Waals surface area (Å²) in [5.74, 6) is 0.932. The Morgan fingerprint density at radius 1 is 1.21 bits per heavy atom. The predicted molar refractivity (Wildman–Crippen MR) is 147 cm³/mol. The molecule has 1 aliphatic rings. The lowest BCUT2D eigenvalue weighted by Crippen LogP contribution is -2.37. The predicted octanol–water partition coefficient (Wildman–Crippen LogP) is 3.14. The van der Waals surface area contributed by atoms with Gasteiger partial charge in [0.15, 0.2) is 0 Å². The first-order valence-corrected chi connectivity index (χ1v) is 13.8. The van der Waals surface area contributed by atoms with Crippen LogP contribution in [0.4, 0.5) is 0 Å². The molecule has 1 N–H and O–H groups in total. The van der Waals surface area contributed by atoms with Crippen LogP contribution in [0.15, 0.2) is 44.1 Å². The minimum Gasteiger partial charge on any atom is -0.489 e. The van der Waals surface area contributed by atoms with Gasteiger partial charge in [0, 0.05) is 18.4 Å². The smallest absolute Gasteiger partial charge is 0.339 e. The third kappa shape index (κ3) is 11.8. The van der Waals surface area contributed by atoms with Crippen LogP contribution in [0, 0.1) is 0 Å². The highest BCUT2D eigenvalue weighted by Gasteiger charge is 2.29. The molecule has 0 fully saturated rings. The standard InChI is InChI=1S/C26H39N3O8S/c1-5-8-21(23-16-20(35-9-6-2)17-24(30)37-23)27-25(31)22-18-38-26(28-22)19(4)29-36-15-14-34-13-12-33-11-10-32-7-3/h6,16-17,21-22H,2,5,7-15,18H2,1,3-4H3,(H,27,31)/b29-19+. The van der Waals surface area contributed by atoms with Gasteiger partial charge in [0.05, 0.1) is 45.1 Å². The van der Waals surface area contributed by atoms with Crippen molar-refractivity contribution in [2.75, 3.05) is 58.6 Å². The Bertz CT molecular complexity index is 981. The molecule has 0 saturated heterocycles. The van der Waals surface area contributed by atoms with Gasteiger partial charge in [-0.1, -0.05) is 31.2 Å². The highest BCUT2D eigenvalue weighted by atomic mass is 32.2. The number of carbonyl (C=O) groups is 1. The van der Waals surface area contributed by atoms with Gasteiger partial charge in [-0.15, -0.1) is 11.8 Å². The summed E-state index contributed by atoms with van der Waals surface area (Å²) >= 11 is 1.44. The summed E-state index contributed by atoms with van der Waals surface area (Å²) in [5.41, 5.74) is 0.0458. The van der Waals surface area contributed by atoms with Crippen molar-refractivity contribution in [1.29, 1.82) is 0 Å². The van der Waals surface area contributed by atoms with Crippen molar-refractivity contribution < 1.29 is 33.0 Å². The van der Waals surface area contributed by atoms with Crippen LogP contribution in [0.2, 0.25) is 0 Å². The molecule has 212 valence electrons. The molecule has 2 unspecified atom stereocenters. The Kier molecular flexibility index (Phi) is 15.4. The number of ether oxygens (including phenoxy) is 4. The molecule has 0 bridgehead atoms. The summed E-state index contributed by atoms with van der Waals surface area (Å²) in [4.78, 5) is 34.8. The zero-order valence-electron chi connectivity index (χ0n) is 22.4. The van der Waals surface area contributed by atoms with Gasteiger partial charge >= 0.3 is 5.63 Å². The first-order valence-electron chi connectivity index (χ1n) is 12.8. The van der Waals surface area contributed by atoms with E-state index in [-0.39, 0.29) is 19.1 Å². The second-order valence-corrected chi connectivity index (χ2v) is 9.17. The third-order valence-corrected chi connectivity index (χ3v) is 6.26. The van der Waals surface area contributed by atoms with Gasteiger partial charge in [0.25, 0.3) is 0 Å². The normalized spacial score (nSPS) is 16.1. The first-order chi connectivity index (χ1) is 18.5. The molecule has 2 atom stereocenters. The largest absolute Gasteiger partial charge is 0.489 e. The number of nitrogens with zero attached hydrogens (tertiary/aromatic N) is 2. The number of rotatable bonds is 20. The highest BCUT2D eigenvalue weighted by molar-refractivity contribution is 8.16. The number of nitrogens with one attached hydrogen (secondary N) is 1.